The Morgan fingerprint density at radius 1 is 0.595 bits per heavy atom. The molecule has 0 unspecified atom stereocenters. The van der Waals surface area contributed by atoms with Crippen LogP contribution < -0.4 is 9.80 Å². The van der Waals surface area contributed by atoms with Gasteiger partial charge in [0.2, 0.25) is 0 Å². The average Bonchev–Trinajstić information content (AvgIpc) is 2.90. The highest BCUT2D eigenvalue weighted by Crippen LogP contribution is 2.54. The smallest absolute Gasteiger partial charge is 0.130 e. The Balaban J connectivity index is 1.25. The molecule has 0 saturated heterocycles. The van der Waals surface area contributed by atoms with Crippen molar-refractivity contribution in [1.29, 1.82) is 0 Å². The van der Waals surface area contributed by atoms with Crippen LogP contribution in [0.3, 0.4) is 0 Å². The molecule has 4 heterocycles. The van der Waals surface area contributed by atoms with E-state index in [1.54, 1.807) is 0 Å². The highest BCUT2D eigenvalue weighted by Gasteiger charge is 2.43. The molecule has 0 amide bonds. The standard InChI is InChI=1S/C36H50N4O2/c1-33(2)9-15-39-17-11-35(5,6)27-29(39)25(33)19-23(31(27)41)21-37-13-14-38-22-24-20-26-30-28(32(24)42)36(7,8)12-18-40(30)16-10-34(26,3)4/h19-22,41-42H,9-18H2,1-8H3. The van der Waals surface area contributed by atoms with Crippen LogP contribution in [0, 0.1) is 0 Å². The van der Waals surface area contributed by atoms with Crippen LogP contribution in [0.25, 0.3) is 0 Å². The second-order valence-corrected chi connectivity index (χ2v) is 15.8. The summed E-state index contributed by atoms with van der Waals surface area (Å²) in [5.74, 6) is 0.751. The molecule has 0 bridgehead atoms. The Hall–Kier alpha value is -3.02. The fraction of sp³-hybridized carbons (Fsp3) is 0.611. The number of nitrogens with zero attached hydrogens (tertiary/aromatic N) is 4. The molecule has 2 aromatic carbocycles. The molecule has 0 radical (unpaired) electrons. The zero-order valence-electron chi connectivity index (χ0n) is 27.1. The van der Waals surface area contributed by atoms with Crippen LogP contribution in [0.4, 0.5) is 11.4 Å². The number of hydrogen-bond donors (Lipinski definition) is 2. The highest BCUT2D eigenvalue weighted by atomic mass is 16.3. The number of phenols is 2. The van der Waals surface area contributed by atoms with E-state index in [1.807, 2.05) is 12.4 Å². The van der Waals surface area contributed by atoms with Crippen LogP contribution in [0.2, 0.25) is 0 Å². The molecule has 0 fully saturated rings. The largest absolute Gasteiger partial charge is 0.507 e. The van der Waals surface area contributed by atoms with Gasteiger partial charge in [0.15, 0.2) is 0 Å². The molecule has 0 atom stereocenters. The molecule has 226 valence electrons. The normalized spacial score (nSPS) is 22.9. The highest BCUT2D eigenvalue weighted by molar-refractivity contribution is 5.90. The molecule has 0 spiro atoms. The zero-order valence-corrected chi connectivity index (χ0v) is 27.1. The van der Waals surface area contributed by atoms with Gasteiger partial charge in [-0.3, -0.25) is 9.98 Å². The second-order valence-electron chi connectivity index (χ2n) is 15.8. The first-order valence-corrected chi connectivity index (χ1v) is 16.0. The van der Waals surface area contributed by atoms with E-state index in [-0.39, 0.29) is 21.7 Å². The maximum atomic E-state index is 11.5. The summed E-state index contributed by atoms with van der Waals surface area (Å²) in [4.78, 5) is 14.3. The number of anilines is 2. The minimum Gasteiger partial charge on any atom is -0.507 e. The third kappa shape index (κ3) is 4.60. The topological polar surface area (TPSA) is 71.7 Å². The number of benzene rings is 2. The molecule has 4 aliphatic heterocycles. The Labute approximate surface area is 252 Å². The van der Waals surface area contributed by atoms with E-state index in [2.05, 4.69) is 77.3 Å². The van der Waals surface area contributed by atoms with Gasteiger partial charge in [0.05, 0.1) is 13.1 Å². The summed E-state index contributed by atoms with van der Waals surface area (Å²) in [5.41, 5.74) is 8.87. The average molecular weight is 571 g/mol. The van der Waals surface area contributed by atoms with E-state index in [0.717, 1.165) is 74.1 Å². The molecule has 0 aromatic heterocycles. The monoisotopic (exact) mass is 570 g/mol. The summed E-state index contributed by atoms with van der Waals surface area (Å²) >= 11 is 0. The fourth-order valence-corrected chi connectivity index (χ4v) is 7.82. The molecule has 2 N–H and O–H groups in total. The van der Waals surface area contributed by atoms with E-state index < -0.39 is 0 Å². The molecule has 6 heteroatoms. The van der Waals surface area contributed by atoms with Crippen LogP contribution in [-0.2, 0) is 21.7 Å². The van der Waals surface area contributed by atoms with E-state index in [1.165, 1.54) is 22.5 Å². The van der Waals surface area contributed by atoms with Crippen molar-refractivity contribution in [3.8, 4) is 11.5 Å². The molecule has 0 saturated carbocycles. The first-order valence-electron chi connectivity index (χ1n) is 16.0. The summed E-state index contributed by atoms with van der Waals surface area (Å²) in [6.07, 6.45) is 7.96. The predicted molar refractivity (Wildman–Crippen MR) is 176 cm³/mol. The molecule has 6 rings (SSSR count). The summed E-state index contributed by atoms with van der Waals surface area (Å²) in [6, 6.07) is 4.33. The fourth-order valence-electron chi connectivity index (χ4n) is 7.82. The third-order valence-electron chi connectivity index (χ3n) is 10.9. The van der Waals surface area contributed by atoms with Crippen molar-refractivity contribution < 1.29 is 10.2 Å². The van der Waals surface area contributed by atoms with Crippen molar-refractivity contribution in [3.05, 3.63) is 45.5 Å². The zero-order chi connectivity index (χ0) is 30.2. The van der Waals surface area contributed by atoms with E-state index in [0.29, 0.717) is 24.6 Å². The predicted octanol–water partition coefficient (Wildman–Crippen LogP) is 6.97. The molecule has 2 aromatic rings. The summed E-state index contributed by atoms with van der Waals surface area (Å²) in [7, 11) is 0. The van der Waals surface area contributed by atoms with Gasteiger partial charge in [0.1, 0.15) is 11.5 Å². The van der Waals surface area contributed by atoms with E-state index >= 15 is 0 Å². The number of phenolic OH excluding ortho intramolecular Hbond substituents is 2. The lowest BCUT2D eigenvalue weighted by atomic mass is 9.69. The van der Waals surface area contributed by atoms with Gasteiger partial charge >= 0.3 is 0 Å². The Morgan fingerprint density at radius 3 is 1.29 bits per heavy atom. The van der Waals surface area contributed by atoms with Crippen LogP contribution in [-0.4, -0.2) is 61.9 Å². The Kier molecular flexibility index (Phi) is 6.75. The van der Waals surface area contributed by atoms with Gasteiger partial charge in [-0.15, -0.1) is 0 Å². The summed E-state index contributed by atoms with van der Waals surface area (Å²) < 4.78 is 0. The van der Waals surface area contributed by atoms with Crippen molar-refractivity contribution in [2.75, 3.05) is 49.1 Å². The van der Waals surface area contributed by atoms with Gasteiger partial charge in [0, 0.05) is 72.2 Å². The number of rotatable bonds is 5. The Morgan fingerprint density at radius 2 is 0.929 bits per heavy atom. The third-order valence-corrected chi connectivity index (χ3v) is 10.9. The maximum Gasteiger partial charge on any atom is 0.130 e. The van der Waals surface area contributed by atoms with Crippen molar-refractivity contribution in [2.24, 2.45) is 9.98 Å². The lowest BCUT2D eigenvalue weighted by molar-refractivity contribution is 0.377. The number of hydrogen-bond acceptors (Lipinski definition) is 6. The van der Waals surface area contributed by atoms with Crippen molar-refractivity contribution in [3.63, 3.8) is 0 Å². The van der Waals surface area contributed by atoms with Gasteiger partial charge in [-0.25, -0.2) is 0 Å². The minimum absolute atomic E-state index is 0.0605. The van der Waals surface area contributed by atoms with Gasteiger partial charge in [-0.2, -0.15) is 0 Å². The van der Waals surface area contributed by atoms with Crippen molar-refractivity contribution in [2.45, 2.75) is 103 Å². The second kappa shape index (κ2) is 9.75. The van der Waals surface area contributed by atoms with Gasteiger partial charge in [-0.1, -0.05) is 55.4 Å². The summed E-state index contributed by atoms with van der Waals surface area (Å²) in [5, 5.41) is 22.9. The van der Waals surface area contributed by atoms with Crippen LogP contribution in [0.5, 0.6) is 11.5 Å². The molecule has 6 nitrogen and oxygen atoms in total. The van der Waals surface area contributed by atoms with E-state index in [4.69, 9.17) is 9.98 Å². The van der Waals surface area contributed by atoms with Crippen LogP contribution in [0.15, 0.2) is 22.1 Å². The van der Waals surface area contributed by atoms with Crippen LogP contribution in [0.1, 0.15) is 114 Å². The number of aromatic hydroxyl groups is 2. The Bertz CT molecular complexity index is 1360. The van der Waals surface area contributed by atoms with E-state index in [9.17, 15) is 10.2 Å². The number of aliphatic imine (C=N–C) groups is 2. The maximum absolute atomic E-state index is 11.5. The van der Waals surface area contributed by atoms with Gasteiger partial charge in [0.25, 0.3) is 0 Å². The molecular formula is C36H50N4O2. The molecular weight excluding hydrogens is 520 g/mol. The van der Waals surface area contributed by atoms with Crippen LogP contribution >= 0.6 is 0 Å². The summed E-state index contributed by atoms with van der Waals surface area (Å²) in [6.45, 7) is 23.5. The lowest BCUT2D eigenvalue weighted by Crippen LogP contribution is -2.44. The molecule has 0 aliphatic carbocycles. The first-order chi connectivity index (χ1) is 19.6. The molecule has 4 aliphatic rings. The van der Waals surface area contributed by atoms with Gasteiger partial charge < -0.3 is 20.0 Å². The minimum atomic E-state index is -0.0808. The lowest BCUT2D eigenvalue weighted by Gasteiger charge is -2.48. The quantitative estimate of drug-likeness (QED) is 0.301. The van der Waals surface area contributed by atoms with Crippen molar-refractivity contribution in [1.82, 2.24) is 0 Å². The SMILES string of the molecule is CC1(C)CCN2CCC(C)(C)c3c(O)c(C=NCCN=Cc4cc5c6c(c4O)C(C)(C)CCN6CCC5(C)C)cc1c32. The van der Waals surface area contributed by atoms with Crippen molar-refractivity contribution >= 4 is 23.8 Å². The first kappa shape index (κ1) is 29.1. The van der Waals surface area contributed by atoms with Gasteiger partial charge in [-0.05, 0) is 70.6 Å². The molecule has 42 heavy (non-hydrogen) atoms.